The van der Waals surface area contributed by atoms with E-state index in [1.807, 2.05) is 12.4 Å². The fraction of sp³-hybridized carbons (Fsp3) is 0.769. The van der Waals surface area contributed by atoms with Crippen LogP contribution in [0.3, 0.4) is 0 Å². The second-order valence-electron chi connectivity index (χ2n) is 4.78. The lowest BCUT2D eigenvalue weighted by atomic mass is 9.97. The van der Waals surface area contributed by atoms with Gasteiger partial charge in [0.25, 0.3) is 0 Å². The van der Waals surface area contributed by atoms with Gasteiger partial charge in [-0.25, -0.2) is 4.98 Å². The Morgan fingerprint density at radius 1 is 1.19 bits per heavy atom. The van der Waals surface area contributed by atoms with Crippen LogP contribution in [0, 0.1) is 0 Å². The molecule has 1 fully saturated rings. The zero-order valence-corrected chi connectivity index (χ0v) is 10.0. The molecule has 2 rings (SSSR count). The Kier molecular flexibility index (Phi) is 4.87. The van der Waals surface area contributed by atoms with E-state index < -0.39 is 0 Å². The second kappa shape index (κ2) is 6.69. The number of aromatic amines is 1. The van der Waals surface area contributed by atoms with Crippen LogP contribution in [0.4, 0.5) is 0 Å². The molecule has 1 aromatic heterocycles. The summed E-state index contributed by atoms with van der Waals surface area (Å²) in [6.07, 6.45) is 14.6. The fourth-order valence-corrected chi connectivity index (χ4v) is 2.49. The largest absolute Gasteiger partial charge is 0.349 e. The summed E-state index contributed by atoms with van der Waals surface area (Å²) in [5.41, 5.74) is 0. The summed E-state index contributed by atoms with van der Waals surface area (Å²) >= 11 is 0. The van der Waals surface area contributed by atoms with Gasteiger partial charge in [0.2, 0.25) is 0 Å². The number of rotatable bonds is 4. The molecule has 1 aliphatic rings. The minimum absolute atomic E-state index is 0.746. The van der Waals surface area contributed by atoms with Crippen LogP contribution < -0.4 is 5.32 Å². The molecule has 0 aliphatic heterocycles. The first-order chi connectivity index (χ1) is 7.95. The summed E-state index contributed by atoms with van der Waals surface area (Å²) in [5, 5.41) is 3.67. The van der Waals surface area contributed by atoms with E-state index in [4.69, 9.17) is 0 Å². The van der Waals surface area contributed by atoms with Crippen molar-refractivity contribution in [1.29, 1.82) is 0 Å². The first kappa shape index (κ1) is 11.6. The second-order valence-corrected chi connectivity index (χ2v) is 4.78. The van der Waals surface area contributed by atoms with Crippen molar-refractivity contribution in [3.05, 3.63) is 18.2 Å². The fourth-order valence-electron chi connectivity index (χ4n) is 2.49. The Bertz CT molecular complexity index is 261. The molecular weight excluding hydrogens is 198 g/mol. The molecule has 0 bridgehead atoms. The lowest BCUT2D eigenvalue weighted by molar-refractivity contribution is 0.391. The van der Waals surface area contributed by atoms with Gasteiger partial charge >= 0.3 is 0 Å². The molecule has 90 valence electrons. The number of hydrogen-bond acceptors (Lipinski definition) is 2. The van der Waals surface area contributed by atoms with E-state index in [1.54, 1.807) is 0 Å². The third kappa shape index (κ3) is 3.97. The van der Waals surface area contributed by atoms with Gasteiger partial charge in [-0.05, 0) is 12.8 Å². The van der Waals surface area contributed by atoms with Crippen LogP contribution in [0.1, 0.15) is 50.8 Å². The molecule has 2 N–H and O–H groups in total. The summed E-state index contributed by atoms with van der Waals surface area (Å²) in [4.78, 5) is 7.38. The van der Waals surface area contributed by atoms with E-state index >= 15 is 0 Å². The topological polar surface area (TPSA) is 40.7 Å². The van der Waals surface area contributed by atoms with Crippen molar-refractivity contribution in [1.82, 2.24) is 15.3 Å². The van der Waals surface area contributed by atoms with Gasteiger partial charge in [-0.1, -0.05) is 32.1 Å². The lowest BCUT2D eigenvalue weighted by Gasteiger charge is -2.20. The van der Waals surface area contributed by atoms with E-state index in [-0.39, 0.29) is 0 Å². The number of imidazole rings is 1. The maximum atomic E-state index is 4.24. The lowest BCUT2D eigenvalue weighted by Crippen LogP contribution is -2.31. The molecule has 16 heavy (non-hydrogen) atoms. The van der Waals surface area contributed by atoms with Gasteiger partial charge in [0.1, 0.15) is 5.82 Å². The number of hydrogen-bond donors (Lipinski definition) is 2. The van der Waals surface area contributed by atoms with E-state index in [2.05, 4.69) is 15.3 Å². The van der Waals surface area contributed by atoms with Crippen molar-refractivity contribution in [2.24, 2.45) is 0 Å². The average Bonchev–Trinajstić information content (AvgIpc) is 2.73. The van der Waals surface area contributed by atoms with Crippen LogP contribution in [-0.4, -0.2) is 22.6 Å². The van der Waals surface area contributed by atoms with Crippen molar-refractivity contribution < 1.29 is 0 Å². The van der Waals surface area contributed by atoms with Gasteiger partial charge in [0.15, 0.2) is 0 Å². The Morgan fingerprint density at radius 3 is 2.62 bits per heavy atom. The van der Waals surface area contributed by atoms with Gasteiger partial charge in [-0.2, -0.15) is 0 Å². The minimum Gasteiger partial charge on any atom is -0.349 e. The van der Waals surface area contributed by atoms with E-state index in [1.165, 1.54) is 44.9 Å². The quantitative estimate of drug-likeness (QED) is 0.820. The molecule has 0 atom stereocenters. The minimum atomic E-state index is 0.746. The summed E-state index contributed by atoms with van der Waals surface area (Å²) in [6, 6.07) is 0.746. The molecule has 0 amide bonds. The Labute approximate surface area is 98.1 Å². The highest BCUT2D eigenvalue weighted by Gasteiger charge is 2.10. The van der Waals surface area contributed by atoms with Gasteiger partial charge in [-0.3, -0.25) is 0 Å². The van der Waals surface area contributed by atoms with E-state index in [0.717, 1.165) is 24.8 Å². The molecule has 1 aromatic rings. The highest BCUT2D eigenvalue weighted by atomic mass is 14.9. The zero-order valence-electron chi connectivity index (χ0n) is 10.0. The highest BCUT2D eigenvalue weighted by Crippen LogP contribution is 2.16. The Balaban J connectivity index is 1.64. The molecule has 3 nitrogen and oxygen atoms in total. The van der Waals surface area contributed by atoms with Crippen molar-refractivity contribution in [3.8, 4) is 0 Å². The summed E-state index contributed by atoms with van der Waals surface area (Å²) in [7, 11) is 0. The van der Waals surface area contributed by atoms with Crippen molar-refractivity contribution in [2.45, 2.75) is 57.4 Å². The van der Waals surface area contributed by atoms with Crippen molar-refractivity contribution in [2.75, 3.05) is 6.54 Å². The third-order valence-electron chi connectivity index (χ3n) is 3.45. The summed E-state index contributed by atoms with van der Waals surface area (Å²) in [6.45, 7) is 1.05. The maximum absolute atomic E-state index is 4.24. The van der Waals surface area contributed by atoms with Crippen LogP contribution in [0.5, 0.6) is 0 Å². The molecule has 1 saturated carbocycles. The molecule has 1 aliphatic carbocycles. The first-order valence-corrected chi connectivity index (χ1v) is 6.67. The molecular formula is C13H23N3. The van der Waals surface area contributed by atoms with Gasteiger partial charge in [0.05, 0.1) is 0 Å². The molecule has 1 heterocycles. The summed E-state index contributed by atoms with van der Waals surface area (Å²) in [5.74, 6) is 1.10. The van der Waals surface area contributed by atoms with Gasteiger partial charge < -0.3 is 10.3 Å². The standard InChI is InChI=1S/C13H23N3/c1-2-4-6-12(7-5-3-1)14-9-8-13-15-10-11-16-13/h10-12,14H,1-9H2,(H,15,16). The highest BCUT2D eigenvalue weighted by molar-refractivity contribution is 4.87. The van der Waals surface area contributed by atoms with Crippen LogP contribution >= 0.6 is 0 Å². The van der Waals surface area contributed by atoms with Crippen molar-refractivity contribution >= 4 is 0 Å². The van der Waals surface area contributed by atoms with E-state index in [0.29, 0.717) is 0 Å². The Morgan fingerprint density at radius 2 is 1.94 bits per heavy atom. The number of aromatic nitrogens is 2. The smallest absolute Gasteiger partial charge is 0.107 e. The first-order valence-electron chi connectivity index (χ1n) is 6.67. The van der Waals surface area contributed by atoms with Gasteiger partial charge in [-0.15, -0.1) is 0 Å². The molecule has 3 heteroatoms. The Hall–Kier alpha value is -0.830. The van der Waals surface area contributed by atoms with Crippen LogP contribution in [-0.2, 0) is 6.42 Å². The molecule has 0 unspecified atom stereocenters. The number of nitrogens with zero attached hydrogens (tertiary/aromatic N) is 1. The van der Waals surface area contributed by atoms with Crippen LogP contribution in [0.2, 0.25) is 0 Å². The average molecular weight is 221 g/mol. The normalized spacial score (nSPS) is 19.2. The SMILES string of the molecule is c1c[nH]c(CCNC2CCCCCCC2)n1. The number of nitrogens with one attached hydrogen (secondary N) is 2. The predicted octanol–water partition coefficient (Wildman–Crippen LogP) is 2.65. The predicted molar refractivity (Wildman–Crippen MR) is 66.4 cm³/mol. The number of H-pyrrole nitrogens is 1. The monoisotopic (exact) mass is 221 g/mol. The van der Waals surface area contributed by atoms with Gasteiger partial charge in [0, 0.05) is 31.4 Å². The molecule has 0 aromatic carbocycles. The van der Waals surface area contributed by atoms with E-state index in [9.17, 15) is 0 Å². The third-order valence-corrected chi connectivity index (χ3v) is 3.45. The maximum Gasteiger partial charge on any atom is 0.107 e. The molecule has 0 spiro atoms. The summed E-state index contributed by atoms with van der Waals surface area (Å²) < 4.78 is 0. The zero-order chi connectivity index (χ0) is 11.1. The van der Waals surface area contributed by atoms with Crippen LogP contribution in [0.15, 0.2) is 12.4 Å². The van der Waals surface area contributed by atoms with Crippen LogP contribution in [0.25, 0.3) is 0 Å². The van der Waals surface area contributed by atoms with Crippen molar-refractivity contribution in [3.63, 3.8) is 0 Å². The molecule has 0 saturated heterocycles. The molecule has 0 radical (unpaired) electrons.